The Bertz CT molecular complexity index is 1740. The van der Waals surface area contributed by atoms with Crippen molar-refractivity contribution in [1.29, 1.82) is 0 Å². The standard InChI is InChI=1S/C29H24BrN3O4S/c1-17-25(27(34)32-20-9-5-4-6-10-20)26(19-8-7-11-21(16-19)36-2)33-28(35)24(38-29(33)31-17)15-18-12-13-23(37-3)22(30)14-18/h4-16,26H,1-3H3,(H,32,34)/b24-15-/t26-/m1/s1. The summed E-state index contributed by atoms with van der Waals surface area (Å²) < 4.78 is 13.7. The third-order valence-electron chi connectivity index (χ3n) is 6.18. The van der Waals surface area contributed by atoms with Crippen molar-refractivity contribution in [3.05, 3.63) is 119 Å². The molecule has 1 aliphatic heterocycles. The zero-order chi connectivity index (χ0) is 26.8. The Hall–Kier alpha value is -3.95. The van der Waals surface area contributed by atoms with E-state index in [1.807, 2.05) is 78.9 Å². The SMILES string of the molecule is COc1cccc([C@@H]2C(C(=O)Nc3ccccc3)=C(C)N=c3s/c(=C\c4ccc(OC)c(Br)c4)c(=O)n32)c1. The Morgan fingerprint density at radius 3 is 2.55 bits per heavy atom. The number of nitrogens with one attached hydrogen (secondary N) is 1. The van der Waals surface area contributed by atoms with Crippen LogP contribution in [-0.4, -0.2) is 24.7 Å². The van der Waals surface area contributed by atoms with Crippen molar-refractivity contribution in [3.63, 3.8) is 0 Å². The molecule has 38 heavy (non-hydrogen) atoms. The molecule has 5 rings (SSSR count). The number of benzene rings is 3. The highest BCUT2D eigenvalue weighted by molar-refractivity contribution is 9.10. The molecular formula is C29H24BrN3O4S. The number of amides is 1. The Kier molecular flexibility index (Phi) is 7.31. The first-order chi connectivity index (χ1) is 18.4. The number of allylic oxidation sites excluding steroid dienone is 1. The molecular weight excluding hydrogens is 566 g/mol. The Morgan fingerprint density at radius 2 is 1.84 bits per heavy atom. The maximum absolute atomic E-state index is 13.9. The lowest BCUT2D eigenvalue weighted by atomic mass is 9.95. The summed E-state index contributed by atoms with van der Waals surface area (Å²) in [5, 5.41) is 2.96. The molecule has 4 aromatic rings. The topological polar surface area (TPSA) is 81.9 Å². The molecule has 0 aliphatic carbocycles. The van der Waals surface area contributed by atoms with Crippen LogP contribution in [0.25, 0.3) is 6.08 Å². The molecule has 0 unspecified atom stereocenters. The molecule has 192 valence electrons. The predicted octanol–water partition coefficient (Wildman–Crippen LogP) is 4.65. The van der Waals surface area contributed by atoms with Gasteiger partial charge in [-0.15, -0.1) is 0 Å². The Labute approximate surface area is 231 Å². The number of hydrogen-bond donors (Lipinski definition) is 1. The molecule has 7 nitrogen and oxygen atoms in total. The Balaban J connectivity index is 1.67. The van der Waals surface area contributed by atoms with Crippen molar-refractivity contribution in [2.45, 2.75) is 13.0 Å². The first-order valence-corrected chi connectivity index (χ1v) is 13.4. The highest BCUT2D eigenvalue weighted by Crippen LogP contribution is 2.32. The average Bonchev–Trinajstić information content (AvgIpc) is 3.22. The normalized spacial score (nSPS) is 15.1. The number of aromatic nitrogens is 1. The quantitative estimate of drug-likeness (QED) is 0.355. The van der Waals surface area contributed by atoms with Gasteiger partial charge in [0.05, 0.1) is 40.5 Å². The first kappa shape index (κ1) is 25.7. The minimum atomic E-state index is -0.685. The van der Waals surface area contributed by atoms with Gasteiger partial charge in [-0.05, 0) is 76.5 Å². The molecule has 0 saturated heterocycles. The van der Waals surface area contributed by atoms with Gasteiger partial charge in [0, 0.05) is 5.69 Å². The van der Waals surface area contributed by atoms with Gasteiger partial charge >= 0.3 is 0 Å². The van der Waals surface area contributed by atoms with Crippen LogP contribution in [0.2, 0.25) is 0 Å². The second-order valence-corrected chi connectivity index (χ2v) is 10.4. The van der Waals surface area contributed by atoms with Gasteiger partial charge in [0.1, 0.15) is 11.5 Å². The van der Waals surface area contributed by atoms with Gasteiger partial charge in [-0.1, -0.05) is 47.7 Å². The van der Waals surface area contributed by atoms with Crippen LogP contribution < -0.4 is 29.7 Å². The molecule has 0 radical (unpaired) electrons. The van der Waals surface area contributed by atoms with E-state index in [9.17, 15) is 9.59 Å². The summed E-state index contributed by atoms with van der Waals surface area (Å²) in [5.41, 5.74) is 2.95. The summed E-state index contributed by atoms with van der Waals surface area (Å²) in [6.07, 6.45) is 1.82. The molecule has 1 aliphatic rings. The molecule has 1 amide bonds. The van der Waals surface area contributed by atoms with Crippen LogP contribution in [0.4, 0.5) is 5.69 Å². The second kappa shape index (κ2) is 10.8. The van der Waals surface area contributed by atoms with Crippen LogP contribution in [-0.2, 0) is 4.79 Å². The van der Waals surface area contributed by atoms with Gasteiger partial charge in [0.25, 0.3) is 11.5 Å². The van der Waals surface area contributed by atoms with E-state index in [1.54, 1.807) is 25.7 Å². The number of nitrogens with zero attached hydrogens (tertiary/aromatic N) is 2. The number of para-hydroxylation sites is 1. The van der Waals surface area contributed by atoms with Crippen molar-refractivity contribution in [1.82, 2.24) is 4.57 Å². The second-order valence-electron chi connectivity index (χ2n) is 8.57. The molecule has 0 spiro atoms. The van der Waals surface area contributed by atoms with Gasteiger partial charge in [0.15, 0.2) is 4.80 Å². The van der Waals surface area contributed by atoms with Crippen molar-refractivity contribution in [2.24, 2.45) is 4.99 Å². The number of methoxy groups -OCH3 is 2. The molecule has 0 saturated carbocycles. The third-order valence-corrected chi connectivity index (χ3v) is 7.78. The van der Waals surface area contributed by atoms with Crippen LogP contribution in [0.5, 0.6) is 11.5 Å². The monoisotopic (exact) mass is 589 g/mol. The van der Waals surface area contributed by atoms with E-state index in [0.717, 1.165) is 15.6 Å². The summed E-state index contributed by atoms with van der Waals surface area (Å²) in [6.45, 7) is 1.80. The lowest BCUT2D eigenvalue weighted by Gasteiger charge is -2.25. The van der Waals surface area contributed by atoms with Gasteiger partial charge in [-0.2, -0.15) is 0 Å². The van der Waals surface area contributed by atoms with E-state index in [4.69, 9.17) is 14.5 Å². The number of carbonyl (C=O) groups is 1. The number of rotatable bonds is 6. The van der Waals surface area contributed by atoms with Gasteiger partial charge < -0.3 is 14.8 Å². The molecule has 3 aromatic carbocycles. The zero-order valence-corrected chi connectivity index (χ0v) is 23.3. The summed E-state index contributed by atoms with van der Waals surface area (Å²) in [5.74, 6) is 1.01. The van der Waals surface area contributed by atoms with Crippen LogP contribution in [0.3, 0.4) is 0 Å². The molecule has 1 atom stereocenters. The number of fused-ring (bicyclic) bond motifs is 1. The van der Waals surface area contributed by atoms with Gasteiger partial charge in [-0.25, -0.2) is 4.99 Å². The smallest absolute Gasteiger partial charge is 0.271 e. The Morgan fingerprint density at radius 1 is 1.05 bits per heavy atom. The van der Waals surface area contributed by atoms with E-state index in [1.165, 1.54) is 11.3 Å². The van der Waals surface area contributed by atoms with Crippen LogP contribution >= 0.6 is 27.3 Å². The molecule has 1 N–H and O–H groups in total. The summed E-state index contributed by atoms with van der Waals surface area (Å²) in [7, 11) is 3.19. The summed E-state index contributed by atoms with van der Waals surface area (Å²) in [6, 6.07) is 21.5. The maximum Gasteiger partial charge on any atom is 0.271 e. The maximum atomic E-state index is 13.9. The van der Waals surface area contributed by atoms with E-state index >= 15 is 0 Å². The molecule has 1 aromatic heterocycles. The van der Waals surface area contributed by atoms with E-state index in [0.29, 0.717) is 37.8 Å². The predicted molar refractivity (Wildman–Crippen MR) is 153 cm³/mol. The van der Waals surface area contributed by atoms with Gasteiger partial charge in [0.2, 0.25) is 0 Å². The lowest BCUT2D eigenvalue weighted by molar-refractivity contribution is -0.113. The van der Waals surface area contributed by atoms with Gasteiger partial charge in [-0.3, -0.25) is 14.2 Å². The number of hydrogen-bond acceptors (Lipinski definition) is 6. The average molecular weight is 590 g/mol. The number of thiazole rings is 1. The first-order valence-electron chi connectivity index (χ1n) is 11.8. The highest BCUT2D eigenvalue weighted by atomic mass is 79.9. The largest absolute Gasteiger partial charge is 0.497 e. The molecule has 0 bridgehead atoms. The highest BCUT2D eigenvalue weighted by Gasteiger charge is 2.32. The number of carbonyl (C=O) groups excluding carboxylic acids is 1. The van der Waals surface area contributed by atoms with E-state index in [-0.39, 0.29) is 11.5 Å². The van der Waals surface area contributed by atoms with Crippen molar-refractivity contribution < 1.29 is 14.3 Å². The number of anilines is 1. The van der Waals surface area contributed by atoms with E-state index in [2.05, 4.69) is 21.2 Å². The zero-order valence-electron chi connectivity index (χ0n) is 20.9. The molecule has 9 heteroatoms. The molecule has 0 fully saturated rings. The fraction of sp³-hybridized carbons (Fsp3) is 0.138. The van der Waals surface area contributed by atoms with Crippen LogP contribution in [0, 0.1) is 0 Å². The van der Waals surface area contributed by atoms with E-state index < -0.39 is 6.04 Å². The number of ether oxygens (including phenoxy) is 2. The van der Waals surface area contributed by atoms with Crippen LogP contribution in [0.15, 0.2) is 98.3 Å². The number of halogens is 1. The van der Waals surface area contributed by atoms with Crippen molar-refractivity contribution in [2.75, 3.05) is 19.5 Å². The summed E-state index contributed by atoms with van der Waals surface area (Å²) in [4.78, 5) is 32.7. The fourth-order valence-electron chi connectivity index (χ4n) is 4.38. The minimum absolute atomic E-state index is 0.231. The molecule has 2 heterocycles. The lowest BCUT2D eigenvalue weighted by Crippen LogP contribution is -2.40. The van der Waals surface area contributed by atoms with Crippen molar-refractivity contribution >= 4 is 44.9 Å². The van der Waals surface area contributed by atoms with Crippen LogP contribution in [0.1, 0.15) is 24.1 Å². The third kappa shape index (κ3) is 4.94. The van der Waals surface area contributed by atoms with Crippen molar-refractivity contribution in [3.8, 4) is 11.5 Å². The summed E-state index contributed by atoms with van der Waals surface area (Å²) >= 11 is 4.79. The fourth-order valence-corrected chi connectivity index (χ4v) is 5.99. The minimum Gasteiger partial charge on any atom is -0.497 e.